The number of hydrogen-bond donors (Lipinski definition) is 2. The number of halogens is 2. The van der Waals surface area contributed by atoms with Gasteiger partial charge < -0.3 is 10.6 Å². The number of amides is 2. The SMILES string of the molecule is O=C(Nc1ccc(C(=O)Nc2cc(Cl)ccc2Cl)cc1)c1ccccc1. The summed E-state index contributed by atoms with van der Waals surface area (Å²) in [6.07, 6.45) is 0. The largest absolute Gasteiger partial charge is 0.322 e. The molecule has 0 radical (unpaired) electrons. The summed E-state index contributed by atoms with van der Waals surface area (Å²) in [6, 6.07) is 20.3. The summed E-state index contributed by atoms with van der Waals surface area (Å²) < 4.78 is 0. The Kier molecular flexibility index (Phi) is 5.56. The maximum atomic E-state index is 12.3. The zero-order chi connectivity index (χ0) is 18.5. The molecule has 0 aliphatic carbocycles. The van der Waals surface area contributed by atoms with Crippen LogP contribution in [-0.4, -0.2) is 11.8 Å². The Hall–Kier alpha value is -2.82. The molecule has 0 saturated carbocycles. The molecule has 0 aromatic heterocycles. The van der Waals surface area contributed by atoms with Gasteiger partial charge in [-0.3, -0.25) is 9.59 Å². The van der Waals surface area contributed by atoms with Crippen molar-refractivity contribution in [2.24, 2.45) is 0 Å². The molecule has 0 aliphatic rings. The fraction of sp³-hybridized carbons (Fsp3) is 0. The maximum Gasteiger partial charge on any atom is 0.255 e. The Morgan fingerprint density at radius 2 is 1.31 bits per heavy atom. The molecule has 3 aromatic carbocycles. The first-order valence-corrected chi connectivity index (χ1v) is 8.51. The molecule has 4 nitrogen and oxygen atoms in total. The van der Waals surface area contributed by atoms with Crippen molar-refractivity contribution in [1.82, 2.24) is 0 Å². The topological polar surface area (TPSA) is 58.2 Å². The number of carbonyl (C=O) groups is 2. The van der Waals surface area contributed by atoms with Crippen LogP contribution in [0.2, 0.25) is 10.0 Å². The summed E-state index contributed by atoms with van der Waals surface area (Å²) in [5.41, 5.74) is 2.02. The minimum atomic E-state index is -0.324. The zero-order valence-corrected chi connectivity index (χ0v) is 15.0. The monoisotopic (exact) mass is 384 g/mol. The summed E-state index contributed by atoms with van der Waals surface area (Å²) in [6.45, 7) is 0. The van der Waals surface area contributed by atoms with E-state index in [2.05, 4.69) is 10.6 Å². The lowest BCUT2D eigenvalue weighted by molar-refractivity contribution is 0.102. The third kappa shape index (κ3) is 4.42. The average Bonchev–Trinajstić information content (AvgIpc) is 2.66. The number of nitrogens with one attached hydrogen (secondary N) is 2. The molecule has 0 bridgehead atoms. The van der Waals surface area contributed by atoms with E-state index in [1.54, 1.807) is 66.7 Å². The van der Waals surface area contributed by atoms with Crippen LogP contribution in [0.15, 0.2) is 72.8 Å². The molecule has 0 atom stereocenters. The Labute approximate surface area is 160 Å². The number of hydrogen-bond acceptors (Lipinski definition) is 2. The highest BCUT2D eigenvalue weighted by Crippen LogP contribution is 2.26. The molecule has 0 unspecified atom stereocenters. The van der Waals surface area contributed by atoms with Crippen LogP contribution < -0.4 is 10.6 Å². The Bertz CT molecular complexity index is 942. The van der Waals surface area contributed by atoms with Crippen LogP contribution in [0.1, 0.15) is 20.7 Å². The summed E-state index contributed by atoms with van der Waals surface area (Å²) >= 11 is 12.0. The first-order valence-electron chi connectivity index (χ1n) is 7.76. The lowest BCUT2D eigenvalue weighted by Crippen LogP contribution is -2.13. The van der Waals surface area contributed by atoms with Crippen molar-refractivity contribution in [3.63, 3.8) is 0 Å². The van der Waals surface area contributed by atoms with E-state index in [-0.39, 0.29) is 11.8 Å². The van der Waals surface area contributed by atoms with E-state index < -0.39 is 0 Å². The number of carbonyl (C=O) groups excluding carboxylic acids is 2. The second kappa shape index (κ2) is 8.04. The summed E-state index contributed by atoms with van der Waals surface area (Å²) in [5.74, 6) is -0.538. The lowest BCUT2D eigenvalue weighted by atomic mass is 10.1. The zero-order valence-electron chi connectivity index (χ0n) is 13.5. The molecule has 2 N–H and O–H groups in total. The van der Waals surface area contributed by atoms with Crippen LogP contribution in [0, 0.1) is 0 Å². The smallest absolute Gasteiger partial charge is 0.255 e. The van der Waals surface area contributed by atoms with Crippen molar-refractivity contribution in [2.45, 2.75) is 0 Å². The molecule has 2 amide bonds. The average molecular weight is 385 g/mol. The van der Waals surface area contributed by atoms with Crippen LogP contribution in [0.5, 0.6) is 0 Å². The first kappa shape index (κ1) is 18.0. The molecule has 0 spiro atoms. The minimum Gasteiger partial charge on any atom is -0.322 e. The van der Waals surface area contributed by atoms with Crippen molar-refractivity contribution < 1.29 is 9.59 Å². The molecule has 0 heterocycles. The van der Waals surface area contributed by atoms with Gasteiger partial charge in [-0.25, -0.2) is 0 Å². The van der Waals surface area contributed by atoms with Gasteiger partial charge in [0.25, 0.3) is 11.8 Å². The second-order valence-electron chi connectivity index (χ2n) is 5.48. The third-order valence-corrected chi connectivity index (χ3v) is 4.18. The fourth-order valence-corrected chi connectivity index (χ4v) is 2.62. The van der Waals surface area contributed by atoms with Gasteiger partial charge in [0.05, 0.1) is 10.7 Å². The molecule has 0 aliphatic heterocycles. The quantitative estimate of drug-likeness (QED) is 0.623. The van der Waals surface area contributed by atoms with Crippen molar-refractivity contribution in [3.8, 4) is 0 Å². The van der Waals surface area contributed by atoms with Crippen LogP contribution in [0.25, 0.3) is 0 Å². The molecule has 0 saturated heterocycles. The first-order chi connectivity index (χ1) is 12.5. The molecular weight excluding hydrogens is 371 g/mol. The van der Waals surface area contributed by atoms with Crippen LogP contribution >= 0.6 is 23.2 Å². The second-order valence-corrected chi connectivity index (χ2v) is 6.32. The van der Waals surface area contributed by atoms with E-state index in [0.29, 0.717) is 32.5 Å². The molecule has 3 rings (SSSR count). The highest BCUT2D eigenvalue weighted by Gasteiger charge is 2.10. The predicted molar refractivity (Wildman–Crippen MR) is 105 cm³/mol. The Balaban J connectivity index is 1.68. The van der Waals surface area contributed by atoms with Crippen molar-refractivity contribution >= 4 is 46.4 Å². The normalized spacial score (nSPS) is 10.2. The number of benzene rings is 3. The van der Waals surface area contributed by atoms with Gasteiger partial charge in [-0.1, -0.05) is 41.4 Å². The summed E-state index contributed by atoms with van der Waals surface area (Å²) in [5, 5.41) is 6.37. The van der Waals surface area contributed by atoms with Gasteiger partial charge in [-0.05, 0) is 54.6 Å². The van der Waals surface area contributed by atoms with Gasteiger partial charge >= 0.3 is 0 Å². The van der Waals surface area contributed by atoms with Crippen molar-refractivity contribution in [1.29, 1.82) is 0 Å². The maximum absolute atomic E-state index is 12.3. The molecule has 6 heteroatoms. The number of anilines is 2. The minimum absolute atomic E-state index is 0.214. The van der Waals surface area contributed by atoms with Gasteiger partial charge in [0, 0.05) is 21.8 Å². The highest BCUT2D eigenvalue weighted by atomic mass is 35.5. The summed E-state index contributed by atoms with van der Waals surface area (Å²) in [7, 11) is 0. The van der Waals surface area contributed by atoms with E-state index in [1.165, 1.54) is 0 Å². The third-order valence-electron chi connectivity index (χ3n) is 3.62. The molecule has 3 aromatic rings. The molecular formula is C20H14Cl2N2O2. The van der Waals surface area contributed by atoms with Gasteiger partial charge in [-0.2, -0.15) is 0 Å². The highest BCUT2D eigenvalue weighted by molar-refractivity contribution is 6.35. The Morgan fingerprint density at radius 1 is 0.692 bits per heavy atom. The molecule has 26 heavy (non-hydrogen) atoms. The standard InChI is InChI=1S/C20H14Cl2N2O2/c21-15-8-11-17(22)18(12-15)24-20(26)14-6-9-16(10-7-14)23-19(25)13-4-2-1-3-5-13/h1-12H,(H,23,25)(H,24,26). The van der Waals surface area contributed by atoms with E-state index in [4.69, 9.17) is 23.2 Å². The predicted octanol–water partition coefficient (Wildman–Crippen LogP) is 5.50. The van der Waals surface area contributed by atoms with Gasteiger partial charge in [0.15, 0.2) is 0 Å². The molecule has 0 fully saturated rings. The van der Waals surface area contributed by atoms with E-state index in [0.717, 1.165) is 0 Å². The van der Waals surface area contributed by atoms with Crippen LogP contribution in [0.3, 0.4) is 0 Å². The van der Waals surface area contributed by atoms with Crippen molar-refractivity contribution in [2.75, 3.05) is 10.6 Å². The van der Waals surface area contributed by atoms with Gasteiger partial charge in [-0.15, -0.1) is 0 Å². The lowest BCUT2D eigenvalue weighted by Gasteiger charge is -2.09. The van der Waals surface area contributed by atoms with E-state index in [1.807, 2.05) is 6.07 Å². The Morgan fingerprint density at radius 3 is 2.00 bits per heavy atom. The fourth-order valence-electron chi connectivity index (χ4n) is 2.29. The number of rotatable bonds is 4. The van der Waals surface area contributed by atoms with Crippen LogP contribution in [-0.2, 0) is 0 Å². The molecule has 130 valence electrons. The van der Waals surface area contributed by atoms with Gasteiger partial charge in [0.2, 0.25) is 0 Å². The van der Waals surface area contributed by atoms with E-state index >= 15 is 0 Å². The van der Waals surface area contributed by atoms with Crippen molar-refractivity contribution in [3.05, 3.63) is 94.0 Å². The summed E-state index contributed by atoms with van der Waals surface area (Å²) in [4.78, 5) is 24.5. The van der Waals surface area contributed by atoms with Gasteiger partial charge in [0.1, 0.15) is 0 Å². The van der Waals surface area contributed by atoms with Crippen LogP contribution in [0.4, 0.5) is 11.4 Å². The van der Waals surface area contributed by atoms with E-state index in [9.17, 15) is 9.59 Å².